The van der Waals surface area contributed by atoms with Crippen molar-refractivity contribution in [3.63, 3.8) is 0 Å². The zero-order chi connectivity index (χ0) is 16.1. The van der Waals surface area contributed by atoms with Crippen LogP contribution >= 0.6 is 23.4 Å². The van der Waals surface area contributed by atoms with Gasteiger partial charge in [0.05, 0.1) is 18.9 Å². The summed E-state index contributed by atoms with van der Waals surface area (Å²) in [6.45, 7) is 5.30. The highest BCUT2D eigenvalue weighted by molar-refractivity contribution is 8.13. The van der Waals surface area contributed by atoms with E-state index in [4.69, 9.17) is 21.3 Å². The van der Waals surface area contributed by atoms with Gasteiger partial charge in [0, 0.05) is 23.0 Å². The van der Waals surface area contributed by atoms with Gasteiger partial charge in [-0.15, -0.1) is 0 Å². The summed E-state index contributed by atoms with van der Waals surface area (Å²) in [4.78, 5) is 8.27. The van der Waals surface area contributed by atoms with Crippen molar-refractivity contribution in [2.75, 3.05) is 26.3 Å². The minimum Gasteiger partial charge on any atom is -0.378 e. The lowest BCUT2D eigenvalue weighted by atomic mass is 10.2. The third-order valence-corrected chi connectivity index (χ3v) is 4.85. The maximum atomic E-state index is 5.98. The van der Waals surface area contributed by atoms with Crippen LogP contribution in [0.1, 0.15) is 5.56 Å². The summed E-state index contributed by atoms with van der Waals surface area (Å²) >= 11 is 7.64. The molecule has 0 N–H and O–H groups in total. The Morgan fingerprint density at radius 1 is 1.04 bits per heavy atom. The Balaban J connectivity index is 1.86. The van der Waals surface area contributed by atoms with Gasteiger partial charge < -0.3 is 9.64 Å². The number of ether oxygens (including phenoxy) is 1. The second-order valence-electron chi connectivity index (χ2n) is 5.39. The molecule has 0 bridgehead atoms. The molecule has 0 radical (unpaired) electrons. The minimum atomic E-state index is 0.744. The Labute approximate surface area is 146 Å². The van der Waals surface area contributed by atoms with Gasteiger partial charge in [0.2, 0.25) is 0 Å². The van der Waals surface area contributed by atoms with Crippen molar-refractivity contribution in [3.05, 3.63) is 59.1 Å². The van der Waals surface area contributed by atoms with Crippen molar-refractivity contribution in [3.8, 4) is 0 Å². The number of amidine groups is 1. The molecule has 0 atom stereocenters. The molecule has 0 unspecified atom stereocenters. The molecule has 0 spiro atoms. The van der Waals surface area contributed by atoms with Crippen LogP contribution in [0.5, 0.6) is 0 Å². The average molecular weight is 347 g/mol. The molecule has 0 aliphatic carbocycles. The van der Waals surface area contributed by atoms with Crippen molar-refractivity contribution >= 4 is 34.2 Å². The first-order chi connectivity index (χ1) is 11.2. The predicted octanol–water partition coefficient (Wildman–Crippen LogP) is 4.76. The zero-order valence-corrected chi connectivity index (χ0v) is 14.6. The first kappa shape index (κ1) is 16.4. The van der Waals surface area contributed by atoms with Crippen LogP contribution in [0.2, 0.25) is 5.02 Å². The number of aryl methyl sites for hydroxylation is 1. The van der Waals surface area contributed by atoms with Crippen LogP contribution in [0.3, 0.4) is 0 Å². The Morgan fingerprint density at radius 2 is 1.70 bits per heavy atom. The lowest BCUT2D eigenvalue weighted by Crippen LogP contribution is -2.39. The van der Waals surface area contributed by atoms with Gasteiger partial charge in [0.15, 0.2) is 5.17 Å². The first-order valence-electron chi connectivity index (χ1n) is 7.62. The zero-order valence-electron chi connectivity index (χ0n) is 13.0. The van der Waals surface area contributed by atoms with E-state index >= 15 is 0 Å². The Morgan fingerprint density at radius 3 is 2.35 bits per heavy atom. The summed E-state index contributed by atoms with van der Waals surface area (Å²) < 4.78 is 5.46. The molecule has 1 aliphatic heterocycles. The van der Waals surface area contributed by atoms with E-state index in [0.29, 0.717) is 0 Å². The van der Waals surface area contributed by atoms with E-state index in [2.05, 4.69) is 36.1 Å². The smallest absolute Gasteiger partial charge is 0.169 e. The first-order valence-corrected chi connectivity index (χ1v) is 8.82. The normalized spacial score (nSPS) is 15.7. The molecule has 1 saturated heterocycles. The van der Waals surface area contributed by atoms with E-state index < -0.39 is 0 Å². The van der Waals surface area contributed by atoms with Crippen LogP contribution in [0.4, 0.5) is 5.69 Å². The number of nitrogens with zero attached hydrogens (tertiary/aromatic N) is 2. The number of rotatable bonds is 2. The number of hydrogen-bond donors (Lipinski definition) is 0. The number of hydrogen-bond acceptors (Lipinski definition) is 3. The molecule has 120 valence electrons. The molecular weight excluding hydrogens is 328 g/mol. The highest BCUT2D eigenvalue weighted by Crippen LogP contribution is 2.26. The summed E-state index contributed by atoms with van der Waals surface area (Å²) in [6.07, 6.45) is 0. The minimum absolute atomic E-state index is 0.744. The summed E-state index contributed by atoms with van der Waals surface area (Å²) in [5.74, 6) is 0. The quantitative estimate of drug-likeness (QED) is 0.445. The molecule has 0 aromatic heterocycles. The number of halogens is 1. The predicted molar refractivity (Wildman–Crippen MR) is 98.0 cm³/mol. The molecule has 2 aromatic rings. The van der Waals surface area contributed by atoms with E-state index in [1.54, 1.807) is 11.8 Å². The van der Waals surface area contributed by atoms with E-state index in [9.17, 15) is 0 Å². The summed E-state index contributed by atoms with van der Waals surface area (Å²) in [7, 11) is 0. The molecule has 0 saturated carbocycles. The molecule has 23 heavy (non-hydrogen) atoms. The van der Waals surface area contributed by atoms with E-state index in [0.717, 1.165) is 47.1 Å². The van der Waals surface area contributed by atoms with Crippen LogP contribution in [-0.4, -0.2) is 36.4 Å². The molecule has 5 heteroatoms. The van der Waals surface area contributed by atoms with Crippen LogP contribution < -0.4 is 0 Å². The second kappa shape index (κ2) is 7.86. The summed E-state index contributed by atoms with van der Waals surface area (Å²) in [5, 5.41) is 1.75. The lowest BCUT2D eigenvalue weighted by molar-refractivity contribution is 0.0694. The SMILES string of the molecule is Cc1ccc(N=C(Sc2ccc(Cl)cc2)N2CCOCC2)cc1. The topological polar surface area (TPSA) is 24.8 Å². The summed E-state index contributed by atoms with van der Waals surface area (Å²) in [5.41, 5.74) is 2.21. The fourth-order valence-corrected chi connectivity index (χ4v) is 3.32. The average Bonchev–Trinajstić information content (AvgIpc) is 2.59. The summed E-state index contributed by atoms with van der Waals surface area (Å²) in [6, 6.07) is 16.2. The third kappa shape index (κ3) is 4.74. The van der Waals surface area contributed by atoms with Gasteiger partial charge in [0.1, 0.15) is 0 Å². The number of aliphatic imine (C=N–C) groups is 1. The van der Waals surface area contributed by atoms with Crippen LogP contribution in [0.25, 0.3) is 0 Å². The highest BCUT2D eigenvalue weighted by Gasteiger charge is 2.16. The van der Waals surface area contributed by atoms with Crippen molar-refractivity contribution in [1.29, 1.82) is 0 Å². The van der Waals surface area contributed by atoms with Crippen molar-refractivity contribution in [2.24, 2.45) is 4.99 Å². The highest BCUT2D eigenvalue weighted by atomic mass is 35.5. The molecule has 3 rings (SSSR count). The van der Waals surface area contributed by atoms with Crippen LogP contribution in [0.15, 0.2) is 58.4 Å². The number of morpholine rings is 1. The molecular formula is C18H19ClN2OS. The van der Waals surface area contributed by atoms with Gasteiger partial charge in [-0.05, 0) is 43.3 Å². The maximum Gasteiger partial charge on any atom is 0.169 e. The standard InChI is InChI=1S/C18H19ClN2OS/c1-14-2-6-16(7-3-14)20-18(21-10-12-22-13-11-21)23-17-8-4-15(19)5-9-17/h2-9H,10-13H2,1H3. The number of benzene rings is 2. The lowest BCUT2D eigenvalue weighted by Gasteiger charge is -2.29. The van der Waals surface area contributed by atoms with E-state index in [1.807, 2.05) is 24.3 Å². The third-order valence-electron chi connectivity index (χ3n) is 3.56. The Kier molecular flexibility index (Phi) is 5.60. The molecule has 3 nitrogen and oxygen atoms in total. The van der Waals surface area contributed by atoms with Crippen molar-refractivity contribution < 1.29 is 4.74 Å². The van der Waals surface area contributed by atoms with E-state index in [1.165, 1.54) is 5.56 Å². The molecule has 0 amide bonds. The fraction of sp³-hybridized carbons (Fsp3) is 0.278. The van der Waals surface area contributed by atoms with Gasteiger partial charge in [-0.2, -0.15) is 0 Å². The Hall–Kier alpha value is -1.49. The fourth-order valence-electron chi connectivity index (χ4n) is 2.25. The van der Waals surface area contributed by atoms with Crippen LogP contribution in [-0.2, 0) is 4.74 Å². The molecule has 1 heterocycles. The van der Waals surface area contributed by atoms with E-state index in [-0.39, 0.29) is 0 Å². The van der Waals surface area contributed by atoms with Gasteiger partial charge in [-0.25, -0.2) is 4.99 Å². The van der Waals surface area contributed by atoms with Gasteiger partial charge in [-0.3, -0.25) is 0 Å². The Bertz CT molecular complexity index is 664. The van der Waals surface area contributed by atoms with Crippen molar-refractivity contribution in [1.82, 2.24) is 4.90 Å². The largest absolute Gasteiger partial charge is 0.378 e. The van der Waals surface area contributed by atoms with Crippen molar-refractivity contribution in [2.45, 2.75) is 11.8 Å². The molecule has 2 aromatic carbocycles. The molecule has 1 aliphatic rings. The van der Waals surface area contributed by atoms with Gasteiger partial charge >= 0.3 is 0 Å². The molecule has 1 fully saturated rings. The van der Waals surface area contributed by atoms with Gasteiger partial charge in [-0.1, -0.05) is 41.1 Å². The van der Waals surface area contributed by atoms with Crippen LogP contribution in [0, 0.1) is 6.92 Å². The monoisotopic (exact) mass is 346 g/mol. The maximum absolute atomic E-state index is 5.98. The second-order valence-corrected chi connectivity index (χ2v) is 6.86. The number of thioether (sulfide) groups is 1. The van der Waals surface area contributed by atoms with Gasteiger partial charge in [0.25, 0.3) is 0 Å².